The summed E-state index contributed by atoms with van der Waals surface area (Å²) in [5, 5.41) is 3.34. The summed E-state index contributed by atoms with van der Waals surface area (Å²) in [5.41, 5.74) is 6.80. The van der Waals surface area contributed by atoms with Crippen molar-refractivity contribution in [3.05, 3.63) is 34.4 Å². The molecule has 0 spiro atoms. The van der Waals surface area contributed by atoms with Crippen molar-refractivity contribution < 1.29 is 0 Å². The molecule has 0 radical (unpaired) electrons. The Kier molecular flexibility index (Phi) is 4.11. The Bertz CT molecular complexity index is 422. The quantitative estimate of drug-likeness (QED) is 0.829. The van der Waals surface area contributed by atoms with Crippen molar-refractivity contribution in [2.24, 2.45) is 0 Å². The lowest BCUT2D eigenvalue weighted by Gasteiger charge is -2.32. The van der Waals surface area contributed by atoms with E-state index in [0.717, 1.165) is 6.54 Å². The summed E-state index contributed by atoms with van der Waals surface area (Å²) < 4.78 is 0. The Balaban J connectivity index is 2.44. The number of fused-ring (bicyclic) bond motifs is 1. The molecular weight excluding hydrogens is 218 g/mol. The maximum atomic E-state index is 3.34. The molecule has 0 bridgehead atoms. The Labute approximate surface area is 112 Å². The van der Waals surface area contributed by atoms with Crippen LogP contribution in [0.25, 0.3) is 0 Å². The van der Waals surface area contributed by atoms with Gasteiger partial charge in [-0.05, 0) is 80.8 Å². The van der Waals surface area contributed by atoms with Crippen LogP contribution in [0.3, 0.4) is 0 Å². The van der Waals surface area contributed by atoms with E-state index in [1.165, 1.54) is 43.2 Å². The molecule has 2 rings (SSSR count). The van der Waals surface area contributed by atoms with Gasteiger partial charge in [-0.2, -0.15) is 0 Å². The van der Waals surface area contributed by atoms with Crippen molar-refractivity contribution in [1.82, 2.24) is 5.32 Å². The molecule has 0 fully saturated rings. The second kappa shape index (κ2) is 5.44. The lowest BCUT2D eigenvalue weighted by atomic mass is 9.73. The number of nitrogens with one attached hydrogen (secondary N) is 1. The molecule has 1 aliphatic rings. The van der Waals surface area contributed by atoms with Crippen LogP contribution >= 0.6 is 0 Å². The van der Waals surface area contributed by atoms with Crippen LogP contribution in [-0.4, -0.2) is 13.6 Å². The summed E-state index contributed by atoms with van der Waals surface area (Å²) in [6.07, 6.45) is 6.55. The van der Waals surface area contributed by atoms with Gasteiger partial charge < -0.3 is 5.32 Å². The molecule has 0 aromatic heterocycles. The highest BCUT2D eigenvalue weighted by molar-refractivity contribution is 5.48. The van der Waals surface area contributed by atoms with Crippen LogP contribution < -0.4 is 5.32 Å². The van der Waals surface area contributed by atoms with Crippen LogP contribution in [0.1, 0.15) is 54.9 Å². The molecule has 1 N–H and O–H groups in total. The normalized spacial score (nSPS) is 22.2. The summed E-state index contributed by atoms with van der Waals surface area (Å²) in [5.74, 6) is 0. The van der Waals surface area contributed by atoms with E-state index in [-0.39, 0.29) is 0 Å². The van der Waals surface area contributed by atoms with E-state index in [9.17, 15) is 0 Å². The van der Waals surface area contributed by atoms with Crippen molar-refractivity contribution in [2.45, 2.75) is 58.3 Å². The molecule has 1 aromatic rings. The molecule has 0 saturated carbocycles. The minimum Gasteiger partial charge on any atom is -0.320 e. The number of hydrogen-bond acceptors (Lipinski definition) is 1. The zero-order chi connectivity index (χ0) is 13.2. The first kappa shape index (κ1) is 13.6. The lowest BCUT2D eigenvalue weighted by molar-refractivity contribution is 0.353. The summed E-state index contributed by atoms with van der Waals surface area (Å²) in [6.45, 7) is 8.03. The van der Waals surface area contributed by atoms with Gasteiger partial charge in [-0.25, -0.2) is 0 Å². The van der Waals surface area contributed by atoms with Gasteiger partial charge in [-0.3, -0.25) is 0 Å². The standard InChI is InChI=1S/C17H27N/c1-5-9-17(11-12-18-4)10-8-15-13(2)6-7-14(3)16(15)17/h6-7,18H,5,8-12H2,1-4H3. The SMILES string of the molecule is CCCC1(CCNC)CCc2c(C)ccc(C)c21. The predicted octanol–water partition coefficient (Wildman–Crippen LogP) is 3.90. The van der Waals surface area contributed by atoms with Crippen molar-refractivity contribution in [3.63, 3.8) is 0 Å². The molecule has 1 unspecified atom stereocenters. The molecular formula is C17H27N. The summed E-state index contributed by atoms with van der Waals surface area (Å²) >= 11 is 0. The summed E-state index contributed by atoms with van der Waals surface area (Å²) in [7, 11) is 2.07. The van der Waals surface area contributed by atoms with Gasteiger partial charge in [-0.1, -0.05) is 25.5 Å². The van der Waals surface area contributed by atoms with Gasteiger partial charge in [0.15, 0.2) is 0 Å². The third kappa shape index (κ3) is 2.21. The van der Waals surface area contributed by atoms with E-state index >= 15 is 0 Å². The minimum atomic E-state index is 0.448. The molecule has 1 atom stereocenters. The van der Waals surface area contributed by atoms with Crippen LogP contribution in [0, 0.1) is 13.8 Å². The van der Waals surface area contributed by atoms with Gasteiger partial charge in [-0.15, -0.1) is 0 Å². The van der Waals surface area contributed by atoms with Crippen LogP contribution in [0.4, 0.5) is 0 Å². The number of rotatable bonds is 5. The molecule has 18 heavy (non-hydrogen) atoms. The third-order valence-corrected chi connectivity index (χ3v) is 4.72. The highest BCUT2D eigenvalue weighted by Gasteiger charge is 2.38. The van der Waals surface area contributed by atoms with Crippen molar-refractivity contribution in [3.8, 4) is 0 Å². The fraction of sp³-hybridized carbons (Fsp3) is 0.647. The molecule has 1 nitrogen and oxygen atoms in total. The highest BCUT2D eigenvalue weighted by atomic mass is 14.8. The Morgan fingerprint density at radius 2 is 1.89 bits per heavy atom. The van der Waals surface area contributed by atoms with Crippen LogP contribution in [0.5, 0.6) is 0 Å². The average Bonchev–Trinajstić information content (AvgIpc) is 2.73. The lowest BCUT2D eigenvalue weighted by Crippen LogP contribution is -2.28. The van der Waals surface area contributed by atoms with Gasteiger partial charge in [0.1, 0.15) is 0 Å². The van der Waals surface area contributed by atoms with Crippen LogP contribution in [0.2, 0.25) is 0 Å². The average molecular weight is 245 g/mol. The van der Waals surface area contributed by atoms with E-state index < -0.39 is 0 Å². The van der Waals surface area contributed by atoms with Gasteiger partial charge in [0.05, 0.1) is 0 Å². The molecule has 0 heterocycles. The smallest absolute Gasteiger partial charge is 0.00264 e. The van der Waals surface area contributed by atoms with Gasteiger partial charge in [0, 0.05) is 0 Å². The van der Waals surface area contributed by atoms with Crippen molar-refractivity contribution in [1.29, 1.82) is 0 Å². The second-order valence-corrected chi connectivity index (χ2v) is 5.94. The second-order valence-electron chi connectivity index (χ2n) is 5.94. The number of aryl methyl sites for hydroxylation is 2. The molecule has 0 aliphatic heterocycles. The molecule has 0 amide bonds. The maximum Gasteiger partial charge on any atom is -0.00264 e. The van der Waals surface area contributed by atoms with Gasteiger partial charge >= 0.3 is 0 Å². The maximum absolute atomic E-state index is 3.34. The fourth-order valence-electron chi connectivity index (χ4n) is 3.89. The summed E-state index contributed by atoms with van der Waals surface area (Å²) in [6, 6.07) is 4.62. The first-order chi connectivity index (χ1) is 8.64. The van der Waals surface area contributed by atoms with Crippen molar-refractivity contribution >= 4 is 0 Å². The summed E-state index contributed by atoms with van der Waals surface area (Å²) in [4.78, 5) is 0. The largest absolute Gasteiger partial charge is 0.320 e. The van der Waals surface area contributed by atoms with Gasteiger partial charge in [0.2, 0.25) is 0 Å². The fourth-order valence-corrected chi connectivity index (χ4v) is 3.89. The molecule has 1 heteroatoms. The predicted molar refractivity (Wildman–Crippen MR) is 79.4 cm³/mol. The van der Waals surface area contributed by atoms with Gasteiger partial charge in [0.25, 0.3) is 0 Å². The van der Waals surface area contributed by atoms with E-state index in [0.29, 0.717) is 5.41 Å². The van der Waals surface area contributed by atoms with E-state index in [1.54, 1.807) is 11.1 Å². The van der Waals surface area contributed by atoms with E-state index in [2.05, 4.69) is 45.3 Å². The topological polar surface area (TPSA) is 12.0 Å². The zero-order valence-electron chi connectivity index (χ0n) is 12.4. The van der Waals surface area contributed by atoms with Crippen LogP contribution in [0.15, 0.2) is 12.1 Å². The van der Waals surface area contributed by atoms with E-state index in [1.807, 2.05) is 0 Å². The first-order valence-corrected chi connectivity index (χ1v) is 7.39. The third-order valence-electron chi connectivity index (χ3n) is 4.72. The Hall–Kier alpha value is -0.820. The minimum absolute atomic E-state index is 0.448. The Morgan fingerprint density at radius 3 is 2.56 bits per heavy atom. The van der Waals surface area contributed by atoms with Crippen LogP contribution in [-0.2, 0) is 11.8 Å². The number of hydrogen-bond donors (Lipinski definition) is 1. The molecule has 1 aliphatic carbocycles. The van der Waals surface area contributed by atoms with Crippen molar-refractivity contribution in [2.75, 3.05) is 13.6 Å². The molecule has 0 saturated heterocycles. The van der Waals surface area contributed by atoms with E-state index in [4.69, 9.17) is 0 Å². The molecule has 100 valence electrons. The highest BCUT2D eigenvalue weighted by Crippen LogP contribution is 2.47. The Morgan fingerprint density at radius 1 is 1.17 bits per heavy atom. The number of benzene rings is 1. The zero-order valence-corrected chi connectivity index (χ0v) is 12.4. The monoisotopic (exact) mass is 245 g/mol. The molecule has 1 aromatic carbocycles. The first-order valence-electron chi connectivity index (χ1n) is 7.39.